The summed E-state index contributed by atoms with van der Waals surface area (Å²) in [5.41, 5.74) is 5.80. The number of aryl methyl sites for hydroxylation is 1. The Balaban J connectivity index is 1.63. The number of carboxylic acid groups (broad SMARTS) is 1. The van der Waals surface area contributed by atoms with E-state index in [1.165, 1.54) is 19.2 Å². The second-order valence-corrected chi connectivity index (χ2v) is 20.7. The Morgan fingerprint density at radius 3 is 1.90 bits per heavy atom. The number of hydrogen-bond donors (Lipinski definition) is 1. The van der Waals surface area contributed by atoms with Gasteiger partial charge >= 0.3 is 5.97 Å². The zero-order chi connectivity index (χ0) is 37.5. The fourth-order valence-corrected chi connectivity index (χ4v) is 13.4. The molecule has 0 aliphatic rings. The number of rotatable bonds is 14. The molecule has 2 atom stereocenters. The van der Waals surface area contributed by atoms with E-state index in [9.17, 15) is 18.9 Å². The molecule has 0 aliphatic carbocycles. The minimum absolute atomic E-state index is 0.154. The summed E-state index contributed by atoms with van der Waals surface area (Å²) in [5.74, 6) is 0.153. The van der Waals surface area contributed by atoms with E-state index >= 15 is 0 Å². The van der Waals surface area contributed by atoms with Crippen LogP contribution in [-0.2, 0) is 24.7 Å². The Kier molecular flexibility index (Phi) is 12.3. The van der Waals surface area contributed by atoms with Crippen LogP contribution >= 0.6 is 7.37 Å². The maximum absolute atomic E-state index is 14.8. The van der Waals surface area contributed by atoms with Gasteiger partial charge in [0.05, 0.1) is 24.4 Å². The molecule has 0 amide bonds. The molecule has 270 valence electrons. The predicted molar refractivity (Wildman–Crippen MR) is 212 cm³/mol. The normalized spacial score (nSPS) is 13.9. The van der Waals surface area contributed by atoms with Crippen LogP contribution in [0.3, 0.4) is 0 Å². The van der Waals surface area contributed by atoms with Crippen LogP contribution in [0.4, 0.5) is 4.39 Å². The van der Waals surface area contributed by atoms with Gasteiger partial charge in [-0.15, -0.1) is 0 Å². The highest BCUT2D eigenvalue weighted by atomic mass is 31.2. The maximum atomic E-state index is 14.8. The molecular formula is C43H47FNO5PSi. The number of pyridine rings is 1. The summed E-state index contributed by atoms with van der Waals surface area (Å²) in [4.78, 5) is 17.5. The van der Waals surface area contributed by atoms with Gasteiger partial charge in [-0.3, -0.25) is 14.3 Å². The van der Waals surface area contributed by atoms with Crippen LogP contribution in [0, 0.1) is 12.7 Å². The monoisotopic (exact) mass is 735 g/mol. The van der Waals surface area contributed by atoms with Gasteiger partial charge in [-0.25, -0.2) is 4.39 Å². The molecule has 5 rings (SSSR count). The Hall–Kier alpha value is -4.46. The van der Waals surface area contributed by atoms with Crippen LogP contribution in [0.1, 0.15) is 50.9 Å². The number of aromatic nitrogens is 1. The van der Waals surface area contributed by atoms with Crippen LogP contribution in [0.2, 0.25) is 5.04 Å². The maximum Gasteiger partial charge on any atom is 0.305 e. The molecule has 0 bridgehead atoms. The van der Waals surface area contributed by atoms with Crippen molar-refractivity contribution >= 4 is 38.1 Å². The standard InChI is InChI=1S/C43H47FNO5PSi/c1-7-39-38(41(32-23-25-34(44)26-24-32)31(2)42(45-39)33-17-11-8-12-18-33)27-28-51(48,49-6)30-35(29-40(46)47)50-52(43(3,4)5,36-19-13-9-14-20-36)37-21-15-10-16-22-37/h8-28,35H,7,29-30H2,1-6H3,(H,46,47)/b28-27+/t35-,51?/m0/s1. The summed E-state index contributed by atoms with van der Waals surface area (Å²) in [6, 6.07) is 36.1. The van der Waals surface area contributed by atoms with Crippen molar-refractivity contribution in [2.75, 3.05) is 13.3 Å². The number of carbonyl (C=O) groups is 1. The lowest BCUT2D eigenvalue weighted by Gasteiger charge is -2.45. The van der Waals surface area contributed by atoms with Crippen molar-refractivity contribution in [2.45, 2.75) is 58.6 Å². The molecule has 0 fully saturated rings. The topological polar surface area (TPSA) is 85.7 Å². The third kappa shape index (κ3) is 8.43. The summed E-state index contributed by atoms with van der Waals surface area (Å²) < 4.78 is 41.9. The molecule has 0 radical (unpaired) electrons. The lowest BCUT2D eigenvalue weighted by molar-refractivity contribution is -0.138. The Morgan fingerprint density at radius 1 is 0.885 bits per heavy atom. The predicted octanol–water partition coefficient (Wildman–Crippen LogP) is 9.74. The van der Waals surface area contributed by atoms with Gasteiger partial charge in [0.1, 0.15) is 5.82 Å². The highest BCUT2D eigenvalue weighted by Crippen LogP contribution is 2.51. The average Bonchev–Trinajstić information content (AvgIpc) is 3.13. The van der Waals surface area contributed by atoms with Gasteiger partial charge in [0.25, 0.3) is 8.32 Å². The zero-order valence-corrected chi connectivity index (χ0v) is 32.6. The van der Waals surface area contributed by atoms with Gasteiger partial charge in [0.15, 0.2) is 0 Å². The molecule has 9 heteroatoms. The third-order valence-electron chi connectivity index (χ3n) is 9.47. The summed E-state index contributed by atoms with van der Waals surface area (Å²) in [7, 11) is -5.49. The van der Waals surface area contributed by atoms with Gasteiger partial charge in [0, 0.05) is 29.7 Å². The van der Waals surface area contributed by atoms with E-state index in [2.05, 4.69) is 20.8 Å². The van der Waals surface area contributed by atoms with E-state index in [4.69, 9.17) is 13.9 Å². The van der Waals surface area contributed by atoms with Gasteiger partial charge in [0.2, 0.25) is 7.37 Å². The number of hydrogen-bond acceptors (Lipinski definition) is 5. The first kappa shape index (κ1) is 38.8. The van der Waals surface area contributed by atoms with E-state index in [0.29, 0.717) is 6.42 Å². The molecular weight excluding hydrogens is 689 g/mol. The molecule has 52 heavy (non-hydrogen) atoms. The fraction of sp³-hybridized carbons (Fsp3) is 0.256. The van der Waals surface area contributed by atoms with Crippen molar-refractivity contribution in [3.8, 4) is 22.4 Å². The molecule has 0 spiro atoms. The van der Waals surface area contributed by atoms with Crippen LogP contribution in [0.5, 0.6) is 0 Å². The van der Waals surface area contributed by atoms with Crippen LogP contribution in [0.15, 0.2) is 121 Å². The van der Waals surface area contributed by atoms with Crippen molar-refractivity contribution < 1.29 is 27.8 Å². The highest BCUT2D eigenvalue weighted by Gasteiger charge is 2.52. The largest absolute Gasteiger partial charge is 0.481 e. The van der Waals surface area contributed by atoms with Crippen molar-refractivity contribution in [3.05, 3.63) is 144 Å². The minimum Gasteiger partial charge on any atom is -0.481 e. The van der Waals surface area contributed by atoms with Crippen molar-refractivity contribution in [1.82, 2.24) is 4.98 Å². The first-order chi connectivity index (χ1) is 24.8. The number of nitrogens with zero attached hydrogens (tertiary/aromatic N) is 1. The lowest BCUT2D eigenvalue weighted by atomic mass is 9.90. The first-order valence-electron chi connectivity index (χ1n) is 17.5. The van der Waals surface area contributed by atoms with Crippen molar-refractivity contribution in [3.63, 3.8) is 0 Å². The highest BCUT2D eigenvalue weighted by molar-refractivity contribution is 7.62. The van der Waals surface area contributed by atoms with Gasteiger partial charge < -0.3 is 14.1 Å². The molecule has 4 aromatic carbocycles. The van der Waals surface area contributed by atoms with Gasteiger partial charge in [-0.05, 0) is 63.7 Å². The zero-order valence-electron chi connectivity index (χ0n) is 30.7. The van der Waals surface area contributed by atoms with Crippen molar-refractivity contribution in [1.29, 1.82) is 0 Å². The lowest BCUT2D eigenvalue weighted by Crippen LogP contribution is -2.68. The van der Waals surface area contributed by atoms with Crippen LogP contribution in [-0.4, -0.2) is 43.8 Å². The van der Waals surface area contributed by atoms with Gasteiger partial charge in [-0.2, -0.15) is 0 Å². The van der Waals surface area contributed by atoms with E-state index in [1.54, 1.807) is 24.0 Å². The Morgan fingerprint density at radius 2 is 1.42 bits per heavy atom. The van der Waals surface area contributed by atoms with Crippen molar-refractivity contribution in [2.24, 2.45) is 0 Å². The van der Waals surface area contributed by atoms with E-state index in [-0.39, 0.29) is 18.4 Å². The minimum atomic E-state index is -3.67. The van der Waals surface area contributed by atoms with Gasteiger partial charge in [-0.1, -0.05) is 131 Å². The first-order valence-corrected chi connectivity index (χ1v) is 21.3. The molecule has 0 saturated carbocycles. The Bertz CT molecular complexity index is 2010. The van der Waals surface area contributed by atoms with E-state index in [1.807, 2.05) is 105 Å². The molecule has 1 aromatic heterocycles. The fourth-order valence-electron chi connectivity index (χ4n) is 7.01. The summed E-state index contributed by atoms with van der Waals surface area (Å²) in [6.07, 6.45) is 0.889. The van der Waals surface area contributed by atoms with E-state index in [0.717, 1.165) is 49.6 Å². The summed E-state index contributed by atoms with van der Waals surface area (Å²) >= 11 is 0. The molecule has 6 nitrogen and oxygen atoms in total. The summed E-state index contributed by atoms with van der Waals surface area (Å²) in [5, 5.41) is 11.7. The number of benzene rings is 4. The molecule has 0 saturated heterocycles. The molecule has 1 heterocycles. The summed E-state index contributed by atoms with van der Waals surface area (Å²) in [6.45, 7) is 10.3. The Labute approximate surface area is 308 Å². The average molecular weight is 736 g/mol. The molecule has 1 N–H and O–H groups in total. The number of carboxylic acids is 1. The second-order valence-electron chi connectivity index (χ2n) is 14.0. The molecule has 5 aromatic rings. The SMILES string of the molecule is CCc1nc(-c2ccccc2)c(C)c(-c2ccc(F)cc2)c1/C=C/P(=O)(C[C@H](CC(=O)O)O[Si](c1ccccc1)(c1ccccc1)C(C)(C)C)OC. The number of aliphatic carboxylic acids is 1. The second kappa shape index (κ2) is 16.5. The number of halogens is 1. The third-order valence-corrected chi connectivity index (χ3v) is 16.7. The van der Waals surface area contributed by atoms with E-state index < -0.39 is 32.8 Å². The smallest absolute Gasteiger partial charge is 0.305 e. The van der Waals surface area contributed by atoms with Crippen LogP contribution < -0.4 is 10.4 Å². The van der Waals surface area contributed by atoms with Crippen LogP contribution in [0.25, 0.3) is 28.5 Å². The molecule has 0 aliphatic heterocycles. The quantitative estimate of drug-likeness (QED) is 0.0903. The molecule has 1 unspecified atom stereocenters.